The molecule has 0 atom stereocenters. The first-order valence-electron chi connectivity index (χ1n) is 8.59. The van der Waals surface area contributed by atoms with Crippen LogP contribution in [-0.2, 0) is 0 Å². The summed E-state index contributed by atoms with van der Waals surface area (Å²) in [5.41, 5.74) is 1.34. The van der Waals surface area contributed by atoms with Gasteiger partial charge in [0.1, 0.15) is 11.6 Å². The highest BCUT2D eigenvalue weighted by atomic mass is 16.5. The highest BCUT2D eigenvalue weighted by Crippen LogP contribution is 2.31. The van der Waals surface area contributed by atoms with Crippen LogP contribution in [-0.4, -0.2) is 17.4 Å². The number of amides is 1. The van der Waals surface area contributed by atoms with Crippen LogP contribution in [0.5, 0.6) is 11.5 Å². The lowest BCUT2D eigenvalue weighted by Gasteiger charge is -2.13. The second-order valence-electron chi connectivity index (χ2n) is 5.72. The Bertz CT molecular complexity index is 866. The fourth-order valence-corrected chi connectivity index (χ4v) is 2.39. The lowest BCUT2D eigenvalue weighted by molar-refractivity contribution is 0.0953. The maximum Gasteiger partial charge on any atom is 0.251 e. The first-order chi connectivity index (χ1) is 12.8. The minimum atomic E-state index is -0.105. The summed E-state index contributed by atoms with van der Waals surface area (Å²) in [5, 5.41) is 6.09. The predicted molar refractivity (Wildman–Crippen MR) is 103 cm³/mol. The number of pyridine rings is 1. The molecule has 5 nitrogen and oxygen atoms in total. The Balaban J connectivity index is 1.78. The summed E-state index contributed by atoms with van der Waals surface area (Å²) in [7, 11) is 0. The number of aromatic nitrogens is 1. The van der Waals surface area contributed by atoms with Gasteiger partial charge in [-0.2, -0.15) is 0 Å². The Kier molecular flexibility index (Phi) is 5.83. The van der Waals surface area contributed by atoms with Crippen LogP contribution in [0.25, 0.3) is 0 Å². The number of para-hydroxylation sites is 3. The van der Waals surface area contributed by atoms with Crippen molar-refractivity contribution in [2.45, 2.75) is 13.3 Å². The zero-order valence-corrected chi connectivity index (χ0v) is 14.6. The summed E-state index contributed by atoms with van der Waals surface area (Å²) < 4.78 is 5.94. The number of ether oxygens (including phenoxy) is 1. The number of anilines is 2. The lowest BCUT2D eigenvalue weighted by atomic mass is 10.2. The third-order valence-electron chi connectivity index (χ3n) is 3.68. The molecule has 0 spiro atoms. The Labute approximate surface area is 153 Å². The van der Waals surface area contributed by atoms with E-state index in [2.05, 4.69) is 15.6 Å². The highest BCUT2D eigenvalue weighted by Gasteiger charge is 2.09. The molecule has 2 aromatic carbocycles. The van der Waals surface area contributed by atoms with Crippen LogP contribution in [0.2, 0.25) is 0 Å². The Hall–Kier alpha value is -3.34. The molecule has 0 saturated carbocycles. The molecule has 0 aliphatic heterocycles. The largest absolute Gasteiger partial charge is 0.455 e. The maximum absolute atomic E-state index is 12.1. The van der Waals surface area contributed by atoms with E-state index in [-0.39, 0.29) is 5.91 Å². The number of hydrogen-bond acceptors (Lipinski definition) is 4. The van der Waals surface area contributed by atoms with Crippen LogP contribution in [0.3, 0.4) is 0 Å². The molecule has 0 unspecified atom stereocenters. The van der Waals surface area contributed by atoms with Crippen LogP contribution < -0.4 is 15.4 Å². The van der Waals surface area contributed by atoms with E-state index in [1.165, 1.54) is 0 Å². The standard InChI is InChI=1S/C21H21N3O2/c1-2-13-23-21(25)16-12-14-22-20(15-16)24-18-10-6-7-11-19(18)26-17-8-4-3-5-9-17/h3-12,14-15H,2,13H2,1H3,(H,22,24)(H,23,25). The van der Waals surface area contributed by atoms with E-state index >= 15 is 0 Å². The van der Waals surface area contributed by atoms with Crippen molar-refractivity contribution in [3.05, 3.63) is 78.5 Å². The van der Waals surface area contributed by atoms with Crippen LogP contribution in [0.15, 0.2) is 72.9 Å². The molecule has 5 heteroatoms. The normalized spacial score (nSPS) is 10.2. The molecular formula is C21H21N3O2. The Morgan fingerprint density at radius 3 is 2.62 bits per heavy atom. The smallest absolute Gasteiger partial charge is 0.251 e. The Morgan fingerprint density at radius 1 is 1.04 bits per heavy atom. The van der Waals surface area contributed by atoms with Gasteiger partial charge in [-0.3, -0.25) is 4.79 Å². The van der Waals surface area contributed by atoms with Gasteiger partial charge in [0.15, 0.2) is 5.75 Å². The number of carbonyl (C=O) groups is 1. The molecule has 0 bridgehead atoms. The van der Waals surface area contributed by atoms with Gasteiger partial charge in [-0.05, 0) is 42.8 Å². The minimum Gasteiger partial charge on any atom is -0.455 e. The highest BCUT2D eigenvalue weighted by molar-refractivity contribution is 5.94. The second kappa shape index (κ2) is 8.67. The van der Waals surface area contributed by atoms with E-state index in [9.17, 15) is 4.79 Å². The van der Waals surface area contributed by atoms with E-state index < -0.39 is 0 Å². The number of rotatable bonds is 7. The van der Waals surface area contributed by atoms with Crippen LogP contribution in [0.4, 0.5) is 11.5 Å². The lowest BCUT2D eigenvalue weighted by Crippen LogP contribution is -2.24. The van der Waals surface area contributed by atoms with Gasteiger partial charge in [0.25, 0.3) is 5.91 Å². The van der Waals surface area contributed by atoms with E-state index in [1.54, 1.807) is 18.3 Å². The van der Waals surface area contributed by atoms with Gasteiger partial charge in [0.05, 0.1) is 5.69 Å². The Morgan fingerprint density at radius 2 is 1.81 bits per heavy atom. The zero-order chi connectivity index (χ0) is 18.2. The second-order valence-corrected chi connectivity index (χ2v) is 5.72. The quantitative estimate of drug-likeness (QED) is 0.647. The zero-order valence-electron chi connectivity index (χ0n) is 14.6. The molecule has 0 aliphatic carbocycles. The SMILES string of the molecule is CCCNC(=O)c1ccnc(Nc2ccccc2Oc2ccccc2)c1. The summed E-state index contributed by atoms with van der Waals surface area (Å²) in [6.07, 6.45) is 2.51. The average Bonchev–Trinajstić information content (AvgIpc) is 2.69. The van der Waals surface area contributed by atoms with E-state index in [0.29, 0.717) is 23.7 Å². The fourth-order valence-electron chi connectivity index (χ4n) is 2.39. The van der Waals surface area contributed by atoms with E-state index in [4.69, 9.17) is 4.74 Å². The molecule has 0 aliphatic rings. The number of benzene rings is 2. The predicted octanol–water partition coefficient (Wildman–Crippen LogP) is 4.76. The first kappa shape index (κ1) is 17.5. The molecule has 3 aromatic rings. The number of hydrogen-bond donors (Lipinski definition) is 2. The van der Waals surface area contributed by atoms with Crippen molar-refractivity contribution in [1.29, 1.82) is 0 Å². The van der Waals surface area contributed by atoms with Gasteiger partial charge < -0.3 is 15.4 Å². The van der Waals surface area contributed by atoms with Gasteiger partial charge in [0, 0.05) is 18.3 Å². The maximum atomic E-state index is 12.1. The molecule has 1 aromatic heterocycles. The number of nitrogens with one attached hydrogen (secondary N) is 2. The van der Waals surface area contributed by atoms with Gasteiger partial charge >= 0.3 is 0 Å². The van der Waals surface area contributed by atoms with Crippen LogP contribution >= 0.6 is 0 Å². The number of carbonyl (C=O) groups excluding carboxylic acids is 1. The summed E-state index contributed by atoms with van der Waals surface area (Å²) >= 11 is 0. The summed E-state index contributed by atoms with van der Waals surface area (Å²) in [5.74, 6) is 1.91. The molecule has 1 amide bonds. The van der Waals surface area contributed by atoms with Crippen LogP contribution in [0.1, 0.15) is 23.7 Å². The van der Waals surface area contributed by atoms with Crippen molar-refractivity contribution < 1.29 is 9.53 Å². The molecule has 26 heavy (non-hydrogen) atoms. The van der Waals surface area contributed by atoms with Gasteiger partial charge in [-0.1, -0.05) is 37.3 Å². The third kappa shape index (κ3) is 4.60. The topological polar surface area (TPSA) is 63.2 Å². The molecule has 3 rings (SSSR count). The summed E-state index contributed by atoms with van der Waals surface area (Å²) in [4.78, 5) is 16.4. The monoisotopic (exact) mass is 347 g/mol. The van der Waals surface area contributed by atoms with Gasteiger partial charge in [-0.25, -0.2) is 4.98 Å². The minimum absolute atomic E-state index is 0.105. The van der Waals surface area contributed by atoms with Crippen molar-refractivity contribution in [3.63, 3.8) is 0 Å². The van der Waals surface area contributed by atoms with Crippen molar-refractivity contribution in [3.8, 4) is 11.5 Å². The molecule has 0 saturated heterocycles. The molecule has 132 valence electrons. The van der Waals surface area contributed by atoms with Crippen molar-refractivity contribution in [1.82, 2.24) is 10.3 Å². The molecule has 0 radical (unpaired) electrons. The van der Waals surface area contributed by atoms with Gasteiger partial charge in [0.2, 0.25) is 0 Å². The van der Waals surface area contributed by atoms with Crippen molar-refractivity contribution >= 4 is 17.4 Å². The first-order valence-corrected chi connectivity index (χ1v) is 8.59. The third-order valence-corrected chi connectivity index (χ3v) is 3.68. The van der Waals surface area contributed by atoms with Crippen molar-refractivity contribution in [2.24, 2.45) is 0 Å². The molecular weight excluding hydrogens is 326 g/mol. The van der Waals surface area contributed by atoms with Crippen LogP contribution in [0, 0.1) is 0 Å². The van der Waals surface area contributed by atoms with Crippen molar-refractivity contribution in [2.75, 3.05) is 11.9 Å². The molecule has 2 N–H and O–H groups in total. The van der Waals surface area contributed by atoms with E-state index in [0.717, 1.165) is 17.9 Å². The molecule has 0 fully saturated rings. The number of nitrogens with zero attached hydrogens (tertiary/aromatic N) is 1. The van der Waals surface area contributed by atoms with Gasteiger partial charge in [-0.15, -0.1) is 0 Å². The molecule has 1 heterocycles. The fraction of sp³-hybridized carbons (Fsp3) is 0.143. The average molecular weight is 347 g/mol. The van der Waals surface area contributed by atoms with E-state index in [1.807, 2.05) is 61.5 Å². The summed E-state index contributed by atoms with van der Waals surface area (Å²) in [6.45, 7) is 2.67. The summed E-state index contributed by atoms with van der Waals surface area (Å²) in [6, 6.07) is 20.6.